The molecule has 1 aromatic carbocycles. The van der Waals surface area contributed by atoms with Crippen LogP contribution in [0, 0.1) is 25.6 Å². The zero-order chi connectivity index (χ0) is 20.1. The van der Waals surface area contributed by atoms with Gasteiger partial charge in [0.25, 0.3) is 0 Å². The fourth-order valence-corrected chi connectivity index (χ4v) is 3.26. The van der Waals surface area contributed by atoms with Crippen molar-refractivity contribution >= 4 is 5.91 Å². The minimum absolute atomic E-state index is 0.0476. The van der Waals surface area contributed by atoms with E-state index in [0.717, 1.165) is 29.1 Å². The molecule has 1 atom stereocenters. The minimum Gasteiger partial charge on any atom is -0.354 e. The van der Waals surface area contributed by atoms with Crippen LogP contribution >= 0.6 is 0 Å². The number of hydrogen-bond acceptors (Lipinski definition) is 3. The highest BCUT2D eigenvalue weighted by Gasteiger charge is 2.18. The fraction of sp³-hybridized carbons (Fsp3) is 0.524. The Morgan fingerprint density at radius 3 is 2.59 bits per heavy atom. The second-order valence-corrected chi connectivity index (χ2v) is 7.74. The van der Waals surface area contributed by atoms with E-state index in [1.165, 1.54) is 12.1 Å². The van der Waals surface area contributed by atoms with E-state index in [9.17, 15) is 9.18 Å². The van der Waals surface area contributed by atoms with Crippen molar-refractivity contribution < 1.29 is 9.18 Å². The second-order valence-electron chi connectivity index (χ2n) is 7.74. The number of amides is 1. The predicted octanol–water partition coefficient (Wildman–Crippen LogP) is 3.26. The van der Waals surface area contributed by atoms with Gasteiger partial charge in [0.2, 0.25) is 5.91 Å². The lowest BCUT2D eigenvalue weighted by Crippen LogP contribution is -2.35. The number of aromatic nitrogens is 2. The van der Waals surface area contributed by atoms with Crippen molar-refractivity contribution in [3.8, 4) is 0 Å². The molecule has 1 aromatic heterocycles. The molecule has 0 aliphatic carbocycles. The summed E-state index contributed by atoms with van der Waals surface area (Å²) >= 11 is 0. The summed E-state index contributed by atoms with van der Waals surface area (Å²) in [5.41, 5.74) is 3.78. The van der Waals surface area contributed by atoms with E-state index in [4.69, 9.17) is 0 Å². The molecule has 1 heterocycles. The Morgan fingerprint density at radius 2 is 2.00 bits per heavy atom. The monoisotopic (exact) mass is 374 g/mol. The summed E-state index contributed by atoms with van der Waals surface area (Å²) in [4.78, 5) is 14.5. The third-order valence-corrected chi connectivity index (χ3v) is 4.76. The standard InChI is InChI=1S/C21H31FN4O/c1-14(2)13-26-16(4)19(15(3)24-26)11-21(27)23-12-20(25(5)6)17-8-7-9-18(22)10-17/h7-10,14,20H,11-13H2,1-6H3,(H,23,27)/t20-/m0/s1. The molecule has 2 aromatic rings. The minimum atomic E-state index is -0.269. The highest BCUT2D eigenvalue weighted by molar-refractivity contribution is 5.79. The number of carbonyl (C=O) groups is 1. The molecule has 1 N–H and O–H groups in total. The number of likely N-dealkylation sites (N-methyl/N-ethyl adjacent to an activating group) is 1. The van der Waals surface area contributed by atoms with Crippen LogP contribution in [0.2, 0.25) is 0 Å². The molecule has 148 valence electrons. The highest BCUT2D eigenvalue weighted by Crippen LogP contribution is 2.19. The van der Waals surface area contributed by atoms with Crippen molar-refractivity contribution in [1.82, 2.24) is 20.0 Å². The Bertz CT molecular complexity index is 782. The highest BCUT2D eigenvalue weighted by atomic mass is 19.1. The Kier molecular flexibility index (Phi) is 7.13. The number of rotatable bonds is 8. The molecule has 2 rings (SSSR count). The summed E-state index contributed by atoms with van der Waals surface area (Å²) in [5, 5.41) is 7.57. The van der Waals surface area contributed by atoms with Gasteiger partial charge >= 0.3 is 0 Å². The second kappa shape index (κ2) is 9.13. The number of hydrogen-bond donors (Lipinski definition) is 1. The molecule has 5 nitrogen and oxygen atoms in total. The molecule has 0 unspecified atom stereocenters. The van der Waals surface area contributed by atoms with Gasteiger partial charge in [-0.05, 0) is 51.6 Å². The average Bonchev–Trinajstić information content (AvgIpc) is 2.81. The van der Waals surface area contributed by atoms with Crippen LogP contribution in [0.3, 0.4) is 0 Å². The van der Waals surface area contributed by atoms with Gasteiger partial charge in [0.05, 0.1) is 18.2 Å². The first-order chi connectivity index (χ1) is 12.7. The Morgan fingerprint density at radius 1 is 1.30 bits per heavy atom. The van der Waals surface area contributed by atoms with Gasteiger partial charge in [-0.2, -0.15) is 5.10 Å². The third-order valence-electron chi connectivity index (χ3n) is 4.76. The molecule has 1 amide bonds. The normalized spacial score (nSPS) is 12.6. The Labute approximate surface area is 161 Å². The summed E-state index contributed by atoms with van der Waals surface area (Å²) in [5.74, 6) is 0.180. The molecule has 0 bridgehead atoms. The molecule has 0 fully saturated rings. The van der Waals surface area contributed by atoms with Crippen LogP contribution < -0.4 is 5.32 Å². The summed E-state index contributed by atoms with van der Waals surface area (Å²) in [6.07, 6.45) is 0.305. The molecule has 0 saturated carbocycles. The zero-order valence-electron chi connectivity index (χ0n) is 17.2. The lowest BCUT2D eigenvalue weighted by Gasteiger charge is -2.25. The van der Waals surface area contributed by atoms with Gasteiger partial charge in [0.1, 0.15) is 5.82 Å². The molecule has 0 aliphatic heterocycles. The maximum absolute atomic E-state index is 13.5. The van der Waals surface area contributed by atoms with Crippen molar-refractivity contribution in [3.63, 3.8) is 0 Å². The molecule has 6 heteroatoms. The van der Waals surface area contributed by atoms with Crippen LogP contribution in [0.25, 0.3) is 0 Å². The van der Waals surface area contributed by atoms with Gasteiger partial charge in [0.15, 0.2) is 0 Å². The van der Waals surface area contributed by atoms with Gasteiger partial charge in [-0.25, -0.2) is 4.39 Å². The van der Waals surface area contributed by atoms with Crippen LogP contribution in [0.4, 0.5) is 4.39 Å². The lowest BCUT2D eigenvalue weighted by atomic mass is 10.1. The van der Waals surface area contributed by atoms with E-state index in [2.05, 4.69) is 24.3 Å². The van der Waals surface area contributed by atoms with Gasteiger partial charge in [0, 0.05) is 24.3 Å². The van der Waals surface area contributed by atoms with Crippen LogP contribution in [0.1, 0.15) is 42.4 Å². The molecular weight excluding hydrogens is 343 g/mol. The van der Waals surface area contributed by atoms with Gasteiger partial charge < -0.3 is 10.2 Å². The topological polar surface area (TPSA) is 50.2 Å². The number of benzene rings is 1. The summed E-state index contributed by atoms with van der Waals surface area (Å²) in [6, 6.07) is 6.43. The first-order valence-corrected chi connectivity index (χ1v) is 9.40. The number of aryl methyl sites for hydroxylation is 1. The summed E-state index contributed by atoms with van der Waals surface area (Å²) in [7, 11) is 3.85. The first-order valence-electron chi connectivity index (χ1n) is 9.40. The molecular formula is C21H31FN4O. The van der Waals surface area contributed by atoms with E-state index in [1.807, 2.05) is 43.6 Å². The molecule has 27 heavy (non-hydrogen) atoms. The van der Waals surface area contributed by atoms with Crippen LogP contribution in [0.15, 0.2) is 24.3 Å². The summed E-state index contributed by atoms with van der Waals surface area (Å²) in [6.45, 7) is 9.53. The predicted molar refractivity (Wildman–Crippen MR) is 106 cm³/mol. The van der Waals surface area contributed by atoms with E-state index < -0.39 is 0 Å². The van der Waals surface area contributed by atoms with Crippen molar-refractivity contribution in [3.05, 3.63) is 52.6 Å². The van der Waals surface area contributed by atoms with Crippen LogP contribution in [-0.4, -0.2) is 41.2 Å². The van der Waals surface area contributed by atoms with Crippen molar-refractivity contribution in [1.29, 1.82) is 0 Å². The molecule has 0 saturated heterocycles. The molecule has 0 aliphatic rings. The fourth-order valence-electron chi connectivity index (χ4n) is 3.26. The van der Waals surface area contributed by atoms with E-state index in [0.29, 0.717) is 18.9 Å². The van der Waals surface area contributed by atoms with E-state index >= 15 is 0 Å². The Balaban J connectivity index is 2.04. The van der Waals surface area contributed by atoms with Crippen molar-refractivity contribution in [2.24, 2.45) is 5.92 Å². The average molecular weight is 375 g/mol. The molecule has 0 spiro atoms. The van der Waals surface area contributed by atoms with Crippen LogP contribution in [-0.2, 0) is 17.8 Å². The van der Waals surface area contributed by atoms with E-state index in [1.54, 1.807) is 6.07 Å². The molecule has 0 radical (unpaired) electrons. The maximum Gasteiger partial charge on any atom is 0.224 e. The smallest absolute Gasteiger partial charge is 0.224 e. The number of halogens is 1. The van der Waals surface area contributed by atoms with Gasteiger partial charge in [-0.1, -0.05) is 26.0 Å². The SMILES string of the molecule is Cc1nn(CC(C)C)c(C)c1CC(=O)NC[C@@H](c1cccc(F)c1)N(C)C. The third kappa shape index (κ3) is 5.63. The Hall–Kier alpha value is -2.21. The van der Waals surface area contributed by atoms with Crippen LogP contribution in [0.5, 0.6) is 0 Å². The maximum atomic E-state index is 13.5. The lowest BCUT2D eigenvalue weighted by molar-refractivity contribution is -0.120. The quantitative estimate of drug-likeness (QED) is 0.772. The van der Waals surface area contributed by atoms with E-state index in [-0.39, 0.29) is 17.8 Å². The first kappa shape index (κ1) is 21.1. The van der Waals surface area contributed by atoms with Crippen molar-refractivity contribution in [2.45, 2.75) is 46.7 Å². The number of nitrogens with one attached hydrogen (secondary N) is 1. The summed E-state index contributed by atoms with van der Waals surface area (Å²) < 4.78 is 15.5. The van der Waals surface area contributed by atoms with Gasteiger partial charge in [-0.15, -0.1) is 0 Å². The van der Waals surface area contributed by atoms with Crippen molar-refractivity contribution in [2.75, 3.05) is 20.6 Å². The van der Waals surface area contributed by atoms with Gasteiger partial charge in [-0.3, -0.25) is 9.48 Å². The largest absolute Gasteiger partial charge is 0.354 e. The zero-order valence-corrected chi connectivity index (χ0v) is 17.2. The number of nitrogens with zero attached hydrogens (tertiary/aromatic N) is 3. The number of carbonyl (C=O) groups excluding carboxylic acids is 1.